The number of rotatable bonds is 7. The Kier molecular flexibility index (Phi) is 6.29. The second kappa shape index (κ2) is 9.45. The van der Waals surface area contributed by atoms with E-state index in [2.05, 4.69) is 10.6 Å². The van der Waals surface area contributed by atoms with Gasteiger partial charge in [0.1, 0.15) is 19.3 Å². The molecule has 1 aliphatic heterocycles. The van der Waals surface area contributed by atoms with Crippen molar-refractivity contribution in [2.75, 3.05) is 13.2 Å². The minimum absolute atomic E-state index is 0.237. The van der Waals surface area contributed by atoms with Crippen LogP contribution in [0.2, 0.25) is 0 Å². The number of fused-ring (bicyclic) bond motifs is 1. The van der Waals surface area contributed by atoms with Gasteiger partial charge in [0.05, 0.1) is 4.88 Å². The lowest BCUT2D eigenvalue weighted by molar-refractivity contribution is -0.123. The van der Waals surface area contributed by atoms with E-state index in [9.17, 15) is 9.59 Å². The van der Waals surface area contributed by atoms with Gasteiger partial charge in [-0.1, -0.05) is 42.5 Å². The zero-order valence-electron chi connectivity index (χ0n) is 16.3. The van der Waals surface area contributed by atoms with Crippen LogP contribution in [0.4, 0.5) is 0 Å². The van der Waals surface area contributed by atoms with Gasteiger partial charge in [0, 0.05) is 13.0 Å². The molecule has 2 amide bonds. The standard InChI is InChI=1S/C23H22N2O4S/c26-22(24-15-17-8-9-19-20(14-17)29-11-10-28-19)18(13-16-5-2-1-3-6-16)25-23(27)21-7-4-12-30-21/h1-9,12,14,18H,10-11,13,15H2,(H,24,26)(H,25,27). The van der Waals surface area contributed by atoms with Crippen LogP contribution in [0.5, 0.6) is 11.5 Å². The molecule has 4 rings (SSSR count). The molecular formula is C23H22N2O4S. The minimum Gasteiger partial charge on any atom is -0.486 e. The zero-order valence-corrected chi connectivity index (χ0v) is 17.1. The molecule has 1 aromatic heterocycles. The van der Waals surface area contributed by atoms with E-state index in [0.717, 1.165) is 11.1 Å². The van der Waals surface area contributed by atoms with Gasteiger partial charge in [0.25, 0.3) is 5.91 Å². The number of hydrogen-bond acceptors (Lipinski definition) is 5. The van der Waals surface area contributed by atoms with E-state index in [-0.39, 0.29) is 11.8 Å². The van der Waals surface area contributed by atoms with Crippen molar-refractivity contribution in [3.8, 4) is 11.5 Å². The summed E-state index contributed by atoms with van der Waals surface area (Å²) in [7, 11) is 0. The van der Waals surface area contributed by atoms with Crippen molar-refractivity contribution in [2.24, 2.45) is 0 Å². The van der Waals surface area contributed by atoms with Gasteiger partial charge >= 0.3 is 0 Å². The number of nitrogens with one attached hydrogen (secondary N) is 2. The summed E-state index contributed by atoms with van der Waals surface area (Å²) in [6, 6.07) is 18.1. The molecule has 2 N–H and O–H groups in total. The predicted molar refractivity (Wildman–Crippen MR) is 115 cm³/mol. The Morgan fingerprint density at radius 1 is 0.933 bits per heavy atom. The van der Waals surface area contributed by atoms with Gasteiger partial charge < -0.3 is 20.1 Å². The first-order valence-corrected chi connectivity index (χ1v) is 10.6. The molecule has 0 aliphatic carbocycles. The normalized spacial score (nSPS) is 13.3. The van der Waals surface area contributed by atoms with Crippen LogP contribution in [0.25, 0.3) is 0 Å². The fourth-order valence-corrected chi connectivity index (χ4v) is 3.83. The van der Waals surface area contributed by atoms with Crippen LogP contribution in [0.1, 0.15) is 20.8 Å². The maximum absolute atomic E-state index is 12.9. The Morgan fingerprint density at radius 2 is 1.73 bits per heavy atom. The van der Waals surface area contributed by atoms with E-state index in [0.29, 0.717) is 42.6 Å². The van der Waals surface area contributed by atoms with E-state index in [1.165, 1.54) is 11.3 Å². The van der Waals surface area contributed by atoms with Gasteiger partial charge in [0.2, 0.25) is 5.91 Å². The predicted octanol–water partition coefficient (Wildman–Crippen LogP) is 3.18. The van der Waals surface area contributed by atoms with E-state index in [4.69, 9.17) is 9.47 Å². The van der Waals surface area contributed by atoms with Gasteiger partial charge in [-0.25, -0.2) is 0 Å². The molecule has 1 unspecified atom stereocenters. The van der Waals surface area contributed by atoms with Crippen LogP contribution >= 0.6 is 11.3 Å². The average Bonchev–Trinajstić information content (AvgIpc) is 3.33. The van der Waals surface area contributed by atoms with Crippen molar-refractivity contribution in [3.05, 3.63) is 82.0 Å². The summed E-state index contributed by atoms with van der Waals surface area (Å²) in [6.45, 7) is 1.38. The largest absolute Gasteiger partial charge is 0.486 e. The summed E-state index contributed by atoms with van der Waals surface area (Å²) in [5.74, 6) is 0.903. The first-order chi connectivity index (χ1) is 14.7. The van der Waals surface area contributed by atoms with Crippen molar-refractivity contribution >= 4 is 23.2 Å². The summed E-state index contributed by atoms with van der Waals surface area (Å²) in [4.78, 5) is 26.0. The number of ether oxygens (including phenoxy) is 2. The van der Waals surface area contributed by atoms with Gasteiger partial charge in [-0.2, -0.15) is 0 Å². The highest BCUT2D eigenvalue weighted by atomic mass is 32.1. The third-order valence-corrected chi connectivity index (χ3v) is 5.59. The van der Waals surface area contributed by atoms with Gasteiger partial charge in [0.15, 0.2) is 11.5 Å². The molecule has 0 saturated heterocycles. The van der Waals surface area contributed by atoms with Crippen LogP contribution in [-0.4, -0.2) is 31.1 Å². The Balaban J connectivity index is 1.43. The highest BCUT2D eigenvalue weighted by molar-refractivity contribution is 7.12. The Labute approximate surface area is 178 Å². The fourth-order valence-electron chi connectivity index (χ4n) is 3.21. The molecule has 7 heteroatoms. The average molecular weight is 423 g/mol. The summed E-state index contributed by atoms with van der Waals surface area (Å²) in [6.07, 6.45) is 0.408. The maximum Gasteiger partial charge on any atom is 0.262 e. The second-order valence-electron chi connectivity index (χ2n) is 6.89. The molecule has 154 valence electrons. The SMILES string of the molecule is O=C(NC(Cc1ccccc1)C(=O)NCc1ccc2c(c1)OCCO2)c1cccs1. The van der Waals surface area contributed by atoms with Crippen molar-refractivity contribution in [3.63, 3.8) is 0 Å². The molecule has 2 aromatic carbocycles. The van der Waals surface area contributed by atoms with Crippen LogP contribution in [0.3, 0.4) is 0 Å². The number of hydrogen-bond donors (Lipinski definition) is 2. The van der Waals surface area contributed by atoms with Crippen molar-refractivity contribution in [1.29, 1.82) is 0 Å². The lowest BCUT2D eigenvalue weighted by atomic mass is 10.0. The van der Waals surface area contributed by atoms with Crippen molar-refractivity contribution in [2.45, 2.75) is 19.0 Å². The number of thiophene rings is 1. The number of benzene rings is 2. The molecular weight excluding hydrogens is 400 g/mol. The molecule has 0 radical (unpaired) electrons. The number of carbonyl (C=O) groups excluding carboxylic acids is 2. The molecule has 0 saturated carbocycles. The highest BCUT2D eigenvalue weighted by Gasteiger charge is 2.22. The highest BCUT2D eigenvalue weighted by Crippen LogP contribution is 2.30. The molecule has 0 fully saturated rings. The van der Waals surface area contributed by atoms with Gasteiger partial charge in [-0.15, -0.1) is 11.3 Å². The Morgan fingerprint density at radius 3 is 2.50 bits per heavy atom. The molecule has 0 spiro atoms. The topological polar surface area (TPSA) is 76.7 Å². The third kappa shape index (κ3) is 4.99. The molecule has 1 atom stereocenters. The second-order valence-corrected chi connectivity index (χ2v) is 7.84. The van der Waals surface area contributed by atoms with Crippen molar-refractivity contribution in [1.82, 2.24) is 10.6 Å². The van der Waals surface area contributed by atoms with Crippen LogP contribution < -0.4 is 20.1 Å². The lowest BCUT2D eigenvalue weighted by Crippen LogP contribution is -2.47. The van der Waals surface area contributed by atoms with E-state index in [1.807, 2.05) is 60.0 Å². The Hall–Kier alpha value is -3.32. The molecule has 3 aromatic rings. The molecule has 30 heavy (non-hydrogen) atoms. The van der Waals surface area contributed by atoms with Crippen LogP contribution in [-0.2, 0) is 17.8 Å². The minimum atomic E-state index is -0.681. The van der Waals surface area contributed by atoms with Gasteiger partial charge in [-0.3, -0.25) is 9.59 Å². The smallest absolute Gasteiger partial charge is 0.262 e. The maximum atomic E-state index is 12.9. The van der Waals surface area contributed by atoms with Crippen LogP contribution in [0.15, 0.2) is 66.0 Å². The lowest BCUT2D eigenvalue weighted by Gasteiger charge is -2.20. The summed E-state index contributed by atoms with van der Waals surface area (Å²) in [5.41, 5.74) is 1.87. The molecule has 6 nitrogen and oxygen atoms in total. The summed E-state index contributed by atoms with van der Waals surface area (Å²) < 4.78 is 11.1. The first kappa shape index (κ1) is 20.0. The summed E-state index contributed by atoms with van der Waals surface area (Å²) >= 11 is 1.34. The number of amides is 2. The van der Waals surface area contributed by atoms with E-state index >= 15 is 0 Å². The monoisotopic (exact) mass is 422 g/mol. The molecule has 2 heterocycles. The van der Waals surface area contributed by atoms with Gasteiger partial charge in [-0.05, 0) is 34.7 Å². The van der Waals surface area contributed by atoms with Crippen molar-refractivity contribution < 1.29 is 19.1 Å². The van der Waals surface area contributed by atoms with Crippen LogP contribution in [0, 0.1) is 0 Å². The summed E-state index contributed by atoms with van der Waals surface area (Å²) in [5, 5.41) is 7.64. The number of carbonyl (C=O) groups is 2. The fraction of sp³-hybridized carbons (Fsp3) is 0.217. The quantitative estimate of drug-likeness (QED) is 0.613. The van der Waals surface area contributed by atoms with E-state index in [1.54, 1.807) is 6.07 Å². The molecule has 0 bridgehead atoms. The van der Waals surface area contributed by atoms with E-state index < -0.39 is 6.04 Å². The third-order valence-electron chi connectivity index (χ3n) is 4.72. The Bertz CT molecular complexity index is 1010. The first-order valence-electron chi connectivity index (χ1n) is 9.73. The zero-order chi connectivity index (χ0) is 20.8. The molecule has 1 aliphatic rings.